The van der Waals surface area contributed by atoms with Crippen molar-refractivity contribution in [2.45, 2.75) is 20.5 Å². The van der Waals surface area contributed by atoms with Crippen LogP contribution in [0.3, 0.4) is 0 Å². The molecule has 0 unspecified atom stereocenters. The lowest BCUT2D eigenvalue weighted by Crippen LogP contribution is -2.43. The number of amides is 2. The van der Waals surface area contributed by atoms with Gasteiger partial charge in [-0.1, -0.05) is 12.1 Å². The molecule has 2 aromatic carbocycles. The maximum Gasteiger partial charge on any atom is 0.280 e. The largest absolute Gasteiger partial charge is 0.484 e. The van der Waals surface area contributed by atoms with Crippen molar-refractivity contribution < 1.29 is 23.5 Å². The van der Waals surface area contributed by atoms with Crippen molar-refractivity contribution >= 4 is 33.2 Å². The molecular weight excluding hydrogens is 395 g/mol. The second kappa shape index (κ2) is 9.02. The first-order chi connectivity index (χ1) is 13.9. The van der Waals surface area contributed by atoms with E-state index in [2.05, 4.69) is 10.9 Å². The lowest BCUT2D eigenvalue weighted by Gasteiger charge is -2.10. The summed E-state index contributed by atoms with van der Waals surface area (Å²) >= 11 is 1.14. The van der Waals surface area contributed by atoms with Crippen LogP contribution in [0.15, 0.2) is 36.4 Å². The van der Waals surface area contributed by atoms with Gasteiger partial charge in [0.2, 0.25) is 0 Å². The third-order valence-corrected chi connectivity index (χ3v) is 5.33. The minimum Gasteiger partial charge on any atom is -0.484 e. The highest BCUT2D eigenvalue weighted by molar-refractivity contribution is 7.21. The number of hydrazine groups is 1. The maximum atomic E-state index is 14.2. The summed E-state index contributed by atoms with van der Waals surface area (Å²) in [7, 11) is 1.47. The van der Waals surface area contributed by atoms with Gasteiger partial charge in [-0.25, -0.2) is 4.39 Å². The second-order valence-corrected chi connectivity index (χ2v) is 7.62. The first-order valence-corrected chi connectivity index (χ1v) is 9.69. The molecule has 3 aromatic rings. The van der Waals surface area contributed by atoms with Crippen molar-refractivity contribution in [3.05, 3.63) is 63.8 Å². The van der Waals surface area contributed by atoms with E-state index in [1.807, 2.05) is 32.0 Å². The molecule has 152 valence electrons. The molecule has 1 heterocycles. The van der Waals surface area contributed by atoms with E-state index in [-0.39, 0.29) is 18.1 Å². The molecule has 29 heavy (non-hydrogen) atoms. The number of halogens is 1. The molecule has 2 amide bonds. The number of carbonyl (C=O) groups is 2. The van der Waals surface area contributed by atoms with E-state index in [9.17, 15) is 14.0 Å². The van der Waals surface area contributed by atoms with Crippen molar-refractivity contribution in [1.82, 2.24) is 10.9 Å². The van der Waals surface area contributed by atoms with Crippen molar-refractivity contribution in [3.8, 4) is 5.75 Å². The molecule has 0 saturated carbocycles. The minimum atomic E-state index is -0.544. The minimum absolute atomic E-state index is 0.0768. The zero-order valence-corrected chi connectivity index (χ0v) is 17.1. The summed E-state index contributed by atoms with van der Waals surface area (Å²) in [6.07, 6.45) is 0. The standard InChI is InChI=1S/C21H21FN2O4S/c1-12-7-13(2)9-14(8-12)28-11-18(25)23-24-21(26)20-15(10-27-3)19-16(22)5-4-6-17(19)29-20/h4-9H,10-11H2,1-3H3,(H,23,25)(H,24,26). The van der Waals surface area contributed by atoms with Gasteiger partial charge in [0.05, 0.1) is 6.61 Å². The van der Waals surface area contributed by atoms with E-state index in [0.717, 1.165) is 22.5 Å². The molecule has 0 radical (unpaired) electrons. The second-order valence-electron chi connectivity index (χ2n) is 6.57. The van der Waals surface area contributed by atoms with Gasteiger partial charge in [-0.2, -0.15) is 0 Å². The fraction of sp³-hybridized carbons (Fsp3) is 0.238. The summed E-state index contributed by atoms with van der Waals surface area (Å²) in [5.74, 6) is -0.905. The van der Waals surface area contributed by atoms with Crippen LogP contribution in [0.5, 0.6) is 5.75 Å². The molecule has 8 heteroatoms. The van der Waals surface area contributed by atoms with Crippen LogP contribution in [0.2, 0.25) is 0 Å². The van der Waals surface area contributed by atoms with E-state index < -0.39 is 17.6 Å². The number of benzene rings is 2. The number of aryl methyl sites for hydroxylation is 2. The van der Waals surface area contributed by atoms with Gasteiger partial charge in [0.15, 0.2) is 6.61 Å². The summed E-state index contributed by atoms with van der Waals surface area (Å²) in [6, 6.07) is 10.3. The molecule has 2 N–H and O–H groups in total. The zero-order chi connectivity index (χ0) is 21.0. The van der Waals surface area contributed by atoms with Crippen LogP contribution in [0.4, 0.5) is 4.39 Å². The highest BCUT2D eigenvalue weighted by Gasteiger charge is 2.21. The third kappa shape index (κ3) is 4.90. The Morgan fingerprint density at radius 1 is 1.10 bits per heavy atom. The number of hydrogen-bond donors (Lipinski definition) is 2. The summed E-state index contributed by atoms with van der Waals surface area (Å²) in [5.41, 5.74) is 7.17. The zero-order valence-electron chi connectivity index (χ0n) is 16.3. The van der Waals surface area contributed by atoms with Crippen LogP contribution in [0, 0.1) is 19.7 Å². The molecule has 0 fully saturated rings. The Hall–Kier alpha value is -2.97. The van der Waals surface area contributed by atoms with E-state index in [1.54, 1.807) is 12.1 Å². The number of fused-ring (bicyclic) bond motifs is 1. The fourth-order valence-corrected chi connectivity index (χ4v) is 4.13. The quantitative estimate of drug-likeness (QED) is 0.602. The molecule has 6 nitrogen and oxygen atoms in total. The monoisotopic (exact) mass is 416 g/mol. The number of thiophene rings is 1. The molecule has 1 aromatic heterocycles. The molecule has 0 aliphatic carbocycles. The SMILES string of the molecule is COCc1c(C(=O)NNC(=O)COc2cc(C)cc(C)c2)sc2cccc(F)c12. The first-order valence-electron chi connectivity index (χ1n) is 8.88. The Balaban J connectivity index is 1.65. The highest BCUT2D eigenvalue weighted by Crippen LogP contribution is 2.33. The summed E-state index contributed by atoms with van der Waals surface area (Å²) in [5, 5.41) is 0.356. The highest BCUT2D eigenvalue weighted by atomic mass is 32.1. The summed E-state index contributed by atoms with van der Waals surface area (Å²) < 4.78 is 25.4. The van der Waals surface area contributed by atoms with Crippen LogP contribution in [0.25, 0.3) is 10.1 Å². The van der Waals surface area contributed by atoms with Crippen molar-refractivity contribution in [1.29, 1.82) is 0 Å². The molecule has 0 saturated heterocycles. The first kappa shape index (κ1) is 20.8. The van der Waals surface area contributed by atoms with Gasteiger partial charge in [-0.15, -0.1) is 11.3 Å². The lowest BCUT2D eigenvalue weighted by atomic mass is 10.1. The van der Waals surface area contributed by atoms with Gasteiger partial charge in [-0.05, 0) is 49.2 Å². The summed E-state index contributed by atoms with van der Waals surface area (Å²) in [4.78, 5) is 24.9. The van der Waals surface area contributed by atoms with E-state index in [0.29, 0.717) is 21.4 Å². The number of hydrogen-bond acceptors (Lipinski definition) is 5. The van der Waals surface area contributed by atoms with Gasteiger partial charge in [-0.3, -0.25) is 20.4 Å². The smallest absolute Gasteiger partial charge is 0.280 e. The Morgan fingerprint density at radius 2 is 1.83 bits per heavy atom. The fourth-order valence-electron chi connectivity index (χ4n) is 3.02. The number of nitrogens with one attached hydrogen (secondary N) is 2. The third-order valence-electron chi connectivity index (χ3n) is 4.14. The molecule has 0 spiro atoms. The predicted octanol–water partition coefficient (Wildman–Crippen LogP) is 3.64. The van der Waals surface area contributed by atoms with Gasteiger partial charge >= 0.3 is 0 Å². The maximum absolute atomic E-state index is 14.2. The lowest BCUT2D eigenvalue weighted by molar-refractivity contribution is -0.123. The van der Waals surface area contributed by atoms with E-state index >= 15 is 0 Å². The predicted molar refractivity (Wildman–Crippen MR) is 110 cm³/mol. The van der Waals surface area contributed by atoms with Crippen LogP contribution in [0.1, 0.15) is 26.4 Å². The Labute approximate surface area is 171 Å². The van der Waals surface area contributed by atoms with Gasteiger partial charge in [0.25, 0.3) is 11.8 Å². The van der Waals surface area contributed by atoms with E-state index in [4.69, 9.17) is 9.47 Å². The van der Waals surface area contributed by atoms with Gasteiger partial charge < -0.3 is 9.47 Å². The number of rotatable bonds is 6. The Morgan fingerprint density at radius 3 is 2.52 bits per heavy atom. The number of carbonyl (C=O) groups excluding carboxylic acids is 2. The topological polar surface area (TPSA) is 76.7 Å². The molecule has 0 atom stereocenters. The molecule has 3 rings (SSSR count). The number of methoxy groups -OCH3 is 1. The molecular formula is C21H21FN2O4S. The van der Waals surface area contributed by atoms with E-state index in [1.165, 1.54) is 13.2 Å². The molecule has 0 bridgehead atoms. The Bertz CT molecular complexity index is 1040. The van der Waals surface area contributed by atoms with Crippen LogP contribution >= 0.6 is 11.3 Å². The Kier molecular flexibility index (Phi) is 6.46. The average Bonchev–Trinajstić information content (AvgIpc) is 3.04. The van der Waals surface area contributed by atoms with Gasteiger partial charge in [0, 0.05) is 22.8 Å². The van der Waals surface area contributed by atoms with Crippen LogP contribution < -0.4 is 15.6 Å². The van der Waals surface area contributed by atoms with Gasteiger partial charge in [0.1, 0.15) is 16.4 Å². The van der Waals surface area contributed by atoms with Crippen LogP contribution in [-0.2, 0) is 16.1 Å². The summed E-state index contributed by atoms with van der Waals surface area (Å²) in [6.45, 7) is 3.69. The van der Waals surface area contributed by atoms with Crippen molar-refractivity contribution in [3.63, 3.8) is 0 Å². The average molecular weight is 416 g/mol. The normalized spacial score (nSPS) is 10.8. The molecule has 0 aliphatic heterocycles. The van der Waals surface area contributed by atoms with Crippen molar-refractivity contribution in [2.75, 3.05) is 13.7 Å². The number of ether oxygens (including phenoxy) is 2. The van der Waals surface area contributed by atoms with Crippen molar-refractivity contribution in [2.24, 2.45) is 0 Å². The van der Waals surface area contributed by atoms with Crippen LogP contribution in [-0.4, -0.2) is 25.5 Å². The molecule has 0 aliphatic rings.